The molecule has 11 rings (SSSR count). The van der Waals surface area contributed by atoms with Crippen LogP contribution in [0.3, 0.4) is 0 Å². The smallest absolute Gasteiger partial charge is 0.180 e. The molecule has 262 valence electrons. The number of hydrogen-bond donors (Lipinski definition) is 0. The second kappa shape index (κ2) is 13.3. The average Bonchev–Trinajstić information content (AvgIpc) is 3.85. The molecule has 11 aromatic rings. The van der Waals surface area contributed by atoms with Crippen molar-refractivity contribution in [2.75, 3.05) is 0 Å². The molecule has 3 aromatic heterocycles. The van der Waals surface area contributed by atoms with Crippen LogP contribution in [0.15, 0.2) is 199 Å². The SMILES string of the molecule is c1ccc(-c2ccc(-c3ccc4oc5c(-c6cccc(-c7cccc(-c8cccc(-c9cccc%10c9sc9ccccc9%10)c8)c7)c6)ncnc5c4c3)cc2)cc1. The number of fused-ring (bicyclic) bond motifs is 6. The molecule has 4 heteroatoms. The standard InChI is InChI=1S/C52H32N2OS/c1-2-10-33(11-3-1)34-22-24-35(25-23-34)40-26-27-47-46(31-40)50-51(55-47)49(53-32-54-50)42-17-8-15-39(30-42)37-13-6-12-36(28-37)38-14-7-16-41(29-38)43-19-9-20-45-44-18-4-5-21-48(44)56-52(43)45/h1-32H. The van der Waals surface area contributed by atoms with Crippen LogP contribution in [0, 0.1) is 0 Å². The maximum Gasteiger partial charge on any atom is 0.180 e. The maximum atomic E-state index is 6.50. The van der Waals surface area contributed by atoms with E-state index in [1.807, 2.05) is 23.5 Å². The van der Waals surface area contributed by atoms with Crippen LogP contribution in [0.5, 0.6) is 0 Å². The Kier molecular flexibility index (Phi) is 7.68. The van der Waals surface area contributed by atoms with E-state index >= 15 is 0 Å². The first-order valence-electron chi connectivity index (χ1n) is 18.8. The number of furan rings is 1. The van der Waals surface area contributed by atoms with Gasteiger partial charge in [-0.1, -0.05) is 152 Å². The summed E-state index contributed by atoms with van der Waals surface area (Å²) in [5.74, 6) is 0. The van der Waals surface area contributed by atoms with E-state index in [-0.39, 0.29) is 0 Å². The van der Waals surface area contributed by atoms with Crippen LogP contribution in [0.4, 0.5) is 0 Å². The van der Waals surface area contributed by atoms with Gasteiger partial charge in [-0.2, -0.15) is 0 Å². The van der Waals surface area contributed by atoms with Gasteiger partial charge in [-0.15, -0.1) is 11.3 Å². The third-order valence-corrected chi connectivity index (χ3v) is 12.0. The molecule has 0 bridgehead atoms. The van der Waals surface area contributed by atoms with Crippen molar-refractivity contribution in [1.82, 2.24) is 9.97 Å². The fourth-order valence-electron chi connectivity index (χ4n) is 8.01. The molecule has 3 nitrogen and oxygen atoms in total. The van der Waals surface area contributed by atoms with Gasteiger partial charge >= 0.3 is 0 Å². The van der Waals surface area contributed by atoms with E-state index in [1.165, 1.54) is 53.6 Å². The summed E-state index contributed by atoms with van der Waals surface area (Å²) in [4.78, 5) is 9.48. The van der Waals surface area contributed by atoms with Gasteiger partial charge in [0.2, 0.25) is 0 Å². The Balaban J connectivity index is 0.922. The summed E-state index contributed by atoms with van der Waals surface area (Å²) < 4.78 is 9.14. The van der Waals surface area contributed by atoms with Gasteiger partial charge in [0, 0.05) is 31.1 Å². The van der Waals surface area contributed by atoms with Crippen LogP contribution in [-0.4, -0.2) is 9.97 Å². The van der Waals surface area contributed by atoms with Gasteiger partial charge in [-0.3, -0.25) is 0 Å². The van der Waals surface area contributed by atoms with Crippen molar-refractivity contribution in [2.45, 2.75) is 0 Å². The fourth-order valence-corrected chi connectivity index (χ4v) is 9.25. The number of nitrogens with zero attached hydrogens (tertiary/aromatic N) is 2. The number of rotatable bonds is 6. The number of thiophene rings is 1. The van der Waals surface area contributed by atoms with E-state index in [9.17, 15) is 0 Å². The lowest BCUT2D eigenvalue weighted by Gasteiger charge is -2.10. The number of aromatic nitrogens is 2. The second-order valence-corrected chi connectivity index (χ2v) is 15.2. The van der Waals surface area contributed by atoms with Crippen LogP contribution < -0.4 is 0 Å². The largest absolute Gasteiger partial charge is 0.452 e. The third kappa shape index (κ3) is 5.58. The van der Waals surface area contributed by atoms with Crippen molar-refractivity contribution in [3.63, 3.8) is 0 Å². The molecule has 0 N–H and O–H groups in total. The fraction of sp³-hybridized carbons (Fsp3) is 0. The number of hydrogen-bond acceptors (Lipinski definition) is 4. The summed E-state index contributed by atoms with van der Waals surface area (Å²) in [6.07, 6.45) is 1.65. The van der Waals surface area contributed by atoms with Crippen LogP contribution in [0.25, 0.3) is 109 Å². The van der Waals surface area contributed by atoms with Gasteiger partial charge in [0.1, 0.15) is 23.1 Å². The quantitative estimate of drug-likeness (QED) is 0.171. The van der Waals surface area contributed by atoms with Gasteiger partial charge in [0.25, 0.3) is 0 Å². The van der Waals surface area contributed by atoms with Gasteiger partial charge in [0.15, 0.2) is 5.58 Å². The van der Waals surface area contributed by atoms with E-state index in [0.29, 0.717) is 5.58 Å². The summed E-state index contributed by atoms with van der Waals surface area (Å²) in [7, 11) is 0. The Morgan fingerprint density at radius 1 is 0.375 bits per heavy atom. The highest BCUT2D eigenvalue weighted by atomic mass is 32.1. The lowest BCUT2D eigenvalue weighted by atomic mass is 9.95. The number of benzene rings is 8. The van der Waals surface area contributed by atoms with Crippen molar-refractivity contribution in [2.24, 2.45) is 0 Å². The Labute approximate surface area is 327 Å². The Bertz CT molecular complexity index is 3250. The molecule has 0 radical (unpaired) electrons. The van der Waals surface area contributed by atoms with Crippen LogP contribution >= 0.6 is 11.3 Å². The molecule has 0 unspecified atom stereocenters. The van der Waals surface area contributed by atoms with Crippen molar-refractivity contribution >= 4 is 53.6 Å². The van der Waals surface area contributed by atoms with Crippen LogP contribution in [0.2, 0.25) is 0 Å². The zero-order valence-electron chi connectivity index (χ0n) is 30.2. The van der Waals surface area contributed by atoms with Crippen LogP contribution in [0.1, 0.15) is 0 Å². The highest BCUT2D eigenvalue weighted by Crippen LogP contribution is 2.41. The molecule has 0 saturated heterocycles. The van der Waals surface area contributed by atoms with E-state index < -0.39 is 0 Å². The highest BCUT2D eigenvalue weighted by molar-refractivity contribution is 7.26. The molecule has 0 amide bonds. The molecule has 56 heavy (non-hydrogen) atoms. The van der Waals surface area contributed by atoms with Gasteiger partial charge in [-0.25, -0.2) is 9.97 Å². The minimum atomic E-state index is 0.690. The summed E-state index contributed by atoms with van der Waals surface area (Å²) in [5.41, 5.74) is 15.8. The molecule has 0 aliphatic heterocycles. The second-order valence-electron chi connectivity index (χ2n) is 14.2. The average molecular weight is 733 g/mol. The summed E-state index contributed by atoms with van der Waals surface area (Å²) in [6.45, 7) is 0. The Hall–Kier alpha value is -7.14. The topological polar surface area (TPSA) is 38.9 Å². The Morgan fingerprint density at radius 3 is 1.68 bits per heavy atom. The van der Waals surface area contributed by atoms with Crippen molar-refractivity contribution in [3.8, 4) is 66.9 Å². The van der Waals surface area contributed by atoms with E-state index in [0.717, 1.165) is 50.0 Å². The molecule has 3 heterocycles. The van der Waals surface area contributed by atoms with Gasteiger partial charge in [-0.05, 0) is 92.0 Å². The predicted octanol–water partition coefficient (Wildman–Crippen LogP) is 14.7. The molecular weight excluding hydrogens is 701 g/mol. The summed E-state index contributed by atoms with van der Waals surface area (Å²) in [5, 5.41) is 3.61. The lowest BCUT2D eigenvalue weighted by Crippen LogP contribution is -1.88. The molecule has 0 aliphatic carbocycles. The van der Waals surface area contributed by atoms with Gasteiger partial charge in [0.05, 0.1) is 0 Å². The van der Waals surface area contributed by atoms with E-state index in [2.05, 4.69) is 176 Å². The molecule has 0 spiro atoms. The predicted molar refractivity (Wildman–Crippen MR) is 235 cm³/mol. The van der Waals surface area contributed by atoms with E-state index in [4.69, 9.17) is 14.4 Å². The third-order valence-electron chi connectivity index (χ3n) is 10.8. The minimum Gasteiger partial charge on any atom is -0.452 e. The zero-order valence-corrected chi connectivity index (χ0v) is 31.0. The highest BCUT2D eigenvalue weighted by Gasteiger charge is 2.17. The summed E-state index contributed by atoms with van der Waals surface area (Å²) in [6, 6.07) is 67.1. The molecular formula is C52H32N2OS. The van der Waals surface area contributed by atoms with Crippen LogP contribution in [-0.2, 0) is 0 Å². The molecule has 0 atom stereocenters. The zero-order chi connectivity index (χ0) is 37.0. The maximum absolute atomic E-state index is 6.50. The lowest BCUT2D eigenvalue weighted by molar-refractivity contribution is 0.667. The molecule has 0 aliphatic rings. The van der Waals surface area contributed by atoms with Gasteiger partial charge < -0.3 is 4.42 Å². The van der Waals surface area contributed by atoms with E-state index in [1.54, 1.807) is 6.33 Å². The first-order chi connectivity index (χ1) is 27.7. The molecule has 0 fully saturated rings. The molecule has 8 aromatic carbocycles. The normalized spacial score (nSPS) is 11.6. The van der Waals surface area contributed by atoms with Crippen molar-refractivity contribution in [1.29, 1.82) is 0 Å². The first-order valence-corrected chi connectivity index (χ1v) is 19.6. The summed E-state index contributed by atoms with van der Waals surface area (Å²) >= 11 is 1.87. The van der Waals surface area contributed by atoms with Crippen molar-refractivity contribution in [3.05, 3.63) is 194 Å². The molecule has 0 saturated carbocycles. The Morgan fingerprint density at radius 2 is 0.911 bits per heavy atom. The first kappa shape index (κ1) is 32.3. The van der Waals surface area contributed by atoms with Crippen molar-refractivity contribution < 1.29 is 4.42 Å². The minimum absolute atomic E-state index is 0.690. The monoisotopic (exact) mass is 732 g/mol.